The van der Waals surface area contributed by atoms with E-state index >= 15 is 0 Å². The first-order chi connectivity index (χ1) is 13.1. The molecule has 1 atom stereocenters. The Labute approximate surface area is 186 Å². The molecule has 3 rings (SSSR count). The van der Waals surface area contributed by atoms with E-state index in [1.165, 1.54) is 17.0 Å². The molecular weight excluding hydrogens is 493 g/mol. The van der Waals surface area contributed by atoms with Gasteiger partial charge in [-0.2, -0.15) is 0 Å². The second-order valence-electron chi connectivity index (χ2n) is 6.88. The highest BCUT2D eigenvalue weighted by Crippen LogP contribution is 2.25. The SMILES string of the molecule is CN=C(NCC1CCN(c2ccc(F)c(F)c2)C1)N(C)CCc1cccs1.I. The molecule has 1 aromatic heterocycles. The third-order valence-electron chi connectivity index (χ3n) is 4.95. The van der Waals surface area contributed by atoms with Crippen molar-refractivity contribution in [1.82, 2.24) is 10.2 Å². The summed E-state index contributed by atoms with van der Waals surface area (Å²) in [5.74, 6) is -0.259. The monoisotopic (exact) mass is 520 g/mol. The highest BCUT2D eigenvalue weighted by atomic mass is 127. The van der Waals surface area contributed by atoms with Gasteiger partial charge >= 0.3 is 0 Å². The quantitative estimate of drug-likeness (QED) is 0.352. The summed E-state index contributed by atoms with van der Waals surface area (Å²) < 4.78 is 26.6. The van der Waals surface area contributed by atoms with Gasteiger partial charge in [0, 0.05) is 56.9 Å². The molecular formula is C20H27F2IN4S. The predicted octanol–water partition coefficient (Wildman–Crippen LogP) is 4.22. The minimum atomic E-state index is -0.800. The molecule has 1 aliphatic heterocycles. The minimum Gasteiger partial charge on any atom is -0.371 e. The maximum Gasteiger partial charge on any atom is 0.193 e. The van der Waals surface area contributed by atoms with Crippen molar-refractivity contribution < 1.29 is 8.78 Å². The molecule has 2 aromatic rings. The summed E-state index contributed by atoms with van der Waals surface area (Å²) in [5, 5.41) is 5.55. The normalized spacial score (nSPS) is 16.8. The molecule has 0 radical (unpaired) electrons. The lowest BCUT2D eigenvalue weighted by Gasteiger charge is -2.23. The van der Waals surface area contributed by atoms with Crippen molar-refractivity contribution in [2.24, 2.45) is 10.9 Å². The van der Waals surface area contributed by atoms with Gasteiger partial charge < -0.3 is 15.1 Å². The van der Waals surface area contributed by atoms with Crippen molar-refractivity contribution in [3.05, 3.63) is 52.2 Å². The van der Waals surface area contributed by atoms with E-state index in [9.17, 15) is 8.78 Å². The van der Waals surface area contributed by atoms with Crippen molar-refractivity contribution in [3.63, 3.8) is 0 Å². The van der Waals surface area contributed by atoms with Gasteiger partial charge in [-0.05, 0) is 42.3 Å². The van der Waals surface area contributed by atoms with E-state index in [0.29, 0.717) is 5.92 Å². The molecule has 28 heavy (non-hydrogen) atoms. The average molecular weight is 520 g/mol. The van der Waals surface area contributed by atoms with Gasteiger partial charge in [0.1, 0.15) is 0 Å². The van der Waals surface area contributed by atoms with Crippen molar-refractivity contribution in [3.8, 4) is 0 Å². The zero-order valence-corrected chi connectivity index (χ0v) is 19.3. The fourth-order valence-electron chi connectivity index (χ4n) is 3.37. The lowest BCUT2D eigenvalue weighted by molar-refractivity contribution is 0.471. The average Bonchev–Trinajstić information content (AvgIpc) is 3.34. The number of halogens is 3. The summed E-state index contributed by atoms with van der Waals surface area (Å²) in [6, 6.07) is 8.35. The number of hydrogen-bond donors (Lipinski definition) is 1. The first kappa shape index (κ1) is 22.9. The smallest absolute Gasteiger partial charge is 0.193 e. The molecule has 0 spiro atoms. The van der Waals surface area contributed by atoms with Crippen LogP contribution in [0.25, 0.3) is 0 Å². The van der Waals surface area contributed by atoms with Gasteiger partial charge in [-0.3, -0.25) is 4.99 Å². The molecule has 1 fully saturated rings. The highest BCUT2D eigenvalue weighted by Gasteiger charge is 2.24. The van der Waals surface area contributed by atoms with E-state index in [0.717, 1.165) is 50.7 Å². The Hall–Kier alpha value is -1.42. The molecule has 1 unspecified atom stereocenters. The van der Waals surface area contributed by atoms with Crippen molar-refractivity contribution in [2.45, 2.75) is 12.8 Å². The van der Waals surface area contributed by atoms with E-state index in [1.807, 2.05) is 7.05 Å². The van der Waals surface area contributed by atoms with E-state index in [2.05, 4.69) is 37.6 Å². The van der Waals surface area contributed by atoms with Gasteiger partial charge in [0.25, 0.3) is 0 Å². The van der Waals surface area contributed by atoms with Crippen molar-refractivity contribution >= 4 is 47.0 Å². The zero-order valence-electron chi connectivity index (χ0n) is 16.2. The predicted molar refractivity (Wildman–Crippen MR) is 124 cm³/mol. The van der Waals surface area contributed by atoms with Crippen molar-refractivity contribution in [2.75, 3.05) is 45.2 Å². The van der Waals surface area contributed by atoms with E-state index in [-0.39, 0.29) is 24.0 Å². The van der Waals surface area contributed by atoms with Gasteiger partial charge in [0.05, 0.1) is 0 Å². The highest BCUT2D eigenvalue weighted by molar-refractivity contribution is 14.0. The van der Waals surface area contributed by atoms with Crippen LogP contribution in [0.2, 0.25) is 0 Å². The third kappa shape index (κ3) is 6.04. The molecule has 0 saturated carbocycles. The van der Waals surface area contributed by atoms with Crippen LogP contribution >= 0.6 is 35.3 Å². The van der Waals surface area contributed by atoms with Gasteiger partial charge in [0.15, 0.2) is 17.6 Å². The van der Waals surface area contributed by atoms with Crippen LogP contribution in [0.3, 0.4) is 0 Å². The Kier molecular flexibility index (Phi) is 8.94. The number of nitrogens with one attached hydrogen (secondary N) is 1. The number of guanidine groups is 1. The molecule has 1 aliphatic rings. The molecule has 4 nitrogen and oxygen atoms in total. The zero-order chi connectivity index (χ0) is 19.2. The first-order valence-electron chi connectivity index (χ1n) is 9.21. The number of likely N-dealkylation sites (N-methyl/N-ethyl adjacent to an activating group) is 1. The Bertz CT molecular complexity index is 770. The lowest BCUT2D eigenvalue weighted by atomic mass is 10.1. The first-order valence-corrected chi connectivity index (χ1v) is 10.1. The number of anilines is 1. The van der Waals surface area contributed by atoms with Crippen LogP contribution in [0.4, 0.5) is 14.5 Å². The maximum absolute atomic E-state index is 13.5. The van der Waals surface area contributed by atoms with Crippen LogP contribution in [0.15, 0.2) is 40.7 Å². The molecule has 0 aliphatic carbocycles. The Morgan fingerprint density at radius 3 is 2.82 bits per heavy atom. The van der Waals surface area contributed by atoms with Crippen LogP contribution in [0.5, 0.6) is 0 Å². The third-order valence-corrected chi connectivity index (χ3v) is 5.89. The molecule has 2 heterocycles. The van der Waals surface area contributed by atoms with Crippen LogP contribution in [0, 0.1) is 17.6 Å². The summed E-state index contributed by atoms with van der Waals surface area (Å²) in [6.07, 6.45) is 2.02. The Balaban J connectivity index is 0.00000280. The molecule has 1 aromatic carbocycles. The van der Waals surface area contributed by atoms with Crippen LogP contribution in [-0.4, -0.2) is 51.1 Å². The molecule has 154 valence electrons. The van der Waals surface area contributed by atoms with Crippen LogP contribution in [-0.2, 0) is 6.42 Å². The van der Waals surface area contributed by atoms with Crippen molar-refractivity contribution in [1.29, 1.82) is 0 Å². The van der Waals surface area contributed by atoms with Gasteiger partial charge in [-0.15, -0.1) is 35.3 Å². The number of benzene rings is 1. The Morgan fingerprint density at radius 2 is 2.14 bits per heavy atom. The van der Waals surface area contributed by atoms with E-state index in [4.69, 9.17) is 0 Å². The summed E-state index contributed by atoms with van der Waals surface area (Å²) in [7, 11) is 3.84. The summed E-state index contributed by atoms with van der Waals surface area (Å²) in [4.78, 5) is 10.00. The second-order valence-corrected chi connectivity index (χ2v) is 7.91. The second kappa shape index (κ2) is 10.9. The molecule has 1 N–H and O–H groups in total. The van der Waals surface area contributed by atoms with Crippen LogP contribution < -0.4 is 10.2 Å². The van der Waals surface area contributed by atoms with Gasteiger partial charge in [0.2, 0.25) is 0 Å². The summed E-state index contributed by atoms with van der Waals surface area (Å²) in [5.41, 5.74) is 0.744. The van der Waals surface area contributed by atoms with Crippen LogP contribution in [0.1, 0.15) is 11.3 Å². The fraction of sp³-hybridized carbons (Fsp3) is 0.450. The van der Waals surface area contributed by atoms with Gasteiger partial charge in [-0.25, -0.2) is 8.78 Å². The number of nitrogens with zero attached hydrogens (tertiary/aromatic N) is 3. The molecule has 8 heteroatoms. The topological polar surface area (TPSA) is 30.9 Å². The number of thiophene rings is 1. The largest absolute Gasteiger partial charge is 0.371 e. The van der Waals surface area contributed by atoms with E-state index < -0.39 is 11.6 Å². The van der Waals surface area contributed by atoms with E-state index in [1.54, 1.807) is 24.5 Å². The number of hydrogen-bond acceptors (Lipinski definition) is 3. The summed E-state index contributed by atoms with van der Waals surface area (Å²) >= 11 is 1.78. The number of rotatable bonds is 6. The standard InChI is InChI=1S/C20H26F2N4S.HI/c1-23-20(25(2)9-8-17-4-3-11-27-17)24-13-15-7-10-26(14-15)16-5-6-18(21)19(22)12-16;/h3-6,11-12,15H,7-10,13-14H2,1-2H3,(H,23,24);1H. The molecule has 1 saturated heterocycles. The maximum atomic E-state index is 13.5. The molecule has 0 amide bonds. The molecule has 0 bridgehead atoms. The lowest BCUT2D eigenvalue weighted by Crippen LogP contribution is -2.42. The Morgan fingerprint density at radius 1 is 1.32 bits per heavy atom. The van der Waals surface area contributed by atoms with Gasteiger partial charge in [-0.1, -0.05) is 6.07 Å². The summed E-state index contributed by atoms with van der Waals surface area (Å²) in [6.45, 7) is 3.40. The fourth-order valence-corrected chi connectivity index (χ4v) is 4.07. The number of aliphatic imine (C=N–C) groups is 1. The minimum absolute atomic E-state index is 0.